The van der Waals surface area contributed by atoms with Gasteiger partial charge in [0.05, 0.1) is 0 Å². The van der Waals surface area contributed by atoms with Crippen molar-refractivity contribution in [3.8, 4) is 11.3 Å². The van der Waals surface area contributed by atoms with Gasteiger partial charge in [-0.1, -0.05) is 5.16 Å². The molecule has 1 aromatic carbocycles. The lowest BCUT2D eigenvalue weighted by molar-refractivity contribution is 0.382. The van der Waals surface area contributed by atoms with E-state index in [9.17, 15) is 4.39 Å². The minimum Gasteiger partial charge on any atom is -0.361 e. The summed E-state index contributed by atoms with van der Waals surface area (Å²) in [5.74, 6) is 0.617. The summed E-state index contributed by atoms with van der Waals surface area (Å²) in [5, 5.41) is 7.06. The van der Waals surface area contributed by atoms with Crippen molar-refractivity contribution in [1.29, 1.82) is 0 Å². The van der Waals surface area contributed by atoms with Gasteiger partial charge in [-0.2, -0.15) is 0 Å². The first-order chi connectivity index (χ1) is 8.29. The minimum absolute atomic E-state index is 0.244. The number of rotatable bonds is 5. The number of halogens is 1. The molecule has 0 aliphatic carbocycles. The highest BCUT2D eigenvalue weighted by molar-refractivity contribution is 5.58. The van der Waals surface area contributed by atoms with Gasteiger partial charge in [0, 0.05) is 18.1 Å². The van der Waals surface area contributed by atoms with E-state index in [1.807, 2.05) is 13.1 Å². The van der Waals surface area contributed by atoms with Crippen LogP contribution in [0.4, 0.5) is 4.39 Å². The van der Waals surface area contributed by atoms with Crippen molar-refractivity contribution < 1.29 is 8.91 Å². The van der Waals surface area contributed by atoms with Crippen molar-refractivity contribution in [3.63, 3.8) is 0 Å². The Balaban J connectivity index is 2.04. The van der Waals surface area contributed by atoms with E-state index in [0.29, 0.717) is 0 Å². The number of aromatic nitrogens is 1. The maximum Gasteiger partial charge on any atom is 0.137 e. The van der Waals surface area contributed by atoms with Crippen LogP contribution in [0.2, 0.25) is 0 Å². The summed E-state index contributed by atoms with van der Waals surface area (Å²) in [6.07, 6.45) is 1.86. The Labute approximate surface area is 99.6 Å². The van der Waals surface area contributed by atoms with Gasteiger partial charge in [0.2, 0.25) is 0 Å². The maximum atomic E-state index is 12.8. The highest BCUT2D eigenvalue weighted by Gasteiger charge is 2.06. The molecule has 2 aromatic rings. The highest BCUT2D eigenvalue weighted by Crippen LogP contribution is 2.19. The molecule has 0 saturated heterocycles. The van der Waals surface area contributed by atoms with Gasteiger partial charge in [0.15, 0.2) is 0 Å². The molecule has 1 heterocycles. The van der Waals surface area contributed by atoms with Crippen molar-refractivity contribution in [2.75, 3.05) is 13.6 Å². The van der Waals surface area contributed by atoms with Crippen LogP contribution >= 0.6 is 0 Å². The molecule has 17 heavy (non-hydrogen) atoms. The molecule has 2 rings (SSSR count). The normalized spacial score (nSPS) is 10.7. The fraction of sp³-hybridized carbons (Fsp3) is 0.308. The second-order valence-corrected chi connectivity index (χ2v) is 3.89. The van der Waals surface area contributed by atoms with Crippen LogP contribution in [0, 0.1) is 5.82 Å². The van der Waals surface area contributed by atoms with Crippen molar-refractivity contribution >= 4 is 0 Å². The molecule has 4 heteroatoms. The van der Waals surface area contributed by atoms with E-state index >= 15 is 0 Å². The van der Waals surface area contributed by atoms with Crippen molar-refractivity contribution in [1.82, 2.24) is 10.5 Å². The topological polar surface area (TPSA) is 38.1 Å². The van der Waals surface area contributed by atoms with Gasteiger partial charge >= 0.3 is 0 Å². The number of nitrogens with one attached hydrogen (secondary N) is 1. The molecule has 0 amide bonds. The SMILES string of the molecule is CNCCCc1cc(-c2ccc(F)cc2)no1. The van der Waals surface area contributed by atoms with Gasteiger partial charge in [-0.3, -0.25) is 0 Å². The third-order valence-corrected chi connectivity index (χ3v) is 2.55. The molecule has 3 nitrogen and oxygen atoms in total. The lowest BCUT2D eigenvalue weighted by atomic mass is 10.1. The standard InChI is InChI=1S/C13H15FN2O/c1-15-8-2-3-12-9-13(16-17-12)10-4-6-11(14)7-5-10/h4-7,9,15H,2-3,8H2,1H3. The molecule has 0 spiro atoms. The lowest BCUT2D eigenvalue weighted by Crippen LogP contribution is -2.08. The Bertz CT molecular complexity index is 465. The molecular formula is C13H15FN2O. The van der Waals surface area contributed by atoms with Crippen LogP contribution in [0.5, 0.6) is 0 Å². The molecular weight excluding hydrogens is 219 g/mol. The van der Waals surface area contributed by atoms with Crippen LogP contribution in [0.15, 0.2) is 34.9 Å². The van der Waals surface area contributed by atoms with Gasteiger partial charge in [0.1, 0.15) is 17.3 Å². The smallest absolute Gasteiger partial charge is 0.137 e. The number of hydrogen-bond acceptors (Lipinski definition) is 3. The Morgan fingerprint density at radius 2 is 2.06 bits per heavy atom. The van der Waals surface area contributed by atoms with Crippen molar-refractivity contribution in [2.24, 2.45) is 0 Å². The van der Waals surface area contributed by atoms with Gasteiger partial charge in [-0.25, -0.2) is 4.39 Å². The van der Waals surface area contributed by atoms with Crippen LogP contribution in [0.3, 0.4) is 0 Å². The second-order valence-electron chi connectivity index (χ2n) is 3.89. The number of aryl methyl sites for hydroxylation is 1. The predicted octanol–water partition coefficient (Wildman–Crippen LogP) is 2.63. The molecule has 0 radical (unpaired) electrons. The zero-order chi connectivity index (χ0) is 12.1. The van der Waals surface area contributed by atoms with Crippen LogP contribution in [0.25, 0.3) is 11.3 Å². The van der Waals surface area contributed by atoms with Crippen molar-refractivity contribution in [3.05, 3.63) is 41.9 Å². The summed E-state index contributed by atoms with van der Waals surface area (Å²) in [6, 6.07) is 8.15. The molecule has 0 fully saturated rings. The van der Waals surface area contributed by atoms with E-state index < -0.39 is 0 Å². The molecule has 0 unspecified atom stereocenters. The molecule has 90 valence electrons. The molecule has 0 bridgehead atoms. The second kappa shape index (κ2) is 5.59. The van der Waals surface area contributed by atoms with E-state index in [4.69, 9.17) is 4.52 Å². The number of nitrogens with zero attached hydrogens (tertiary/aromatic N) is 1. The molecule has 0 atom stereocenters. The summed E-state index contributed by atoms with van der Waals surface area (Å²) < 4.78 is 18.0. The maximum absolute atomic E-state index is 12.8. The van der Waals surface area contributed by atoms with Gasteiger partial charge < -0.3 is 9.84 Å². The van der Waals surface area contributed by atoms with E-state index in [-0.39, 0.29) is 5.82 Å². The van der Waals surface area contributed by atoms with Gasteiger partial charge in [-0.15, -0.1) is 0 Å². The molecule has 1 aromatic heterocycles. The predicted molar refractivity (Wildman–Crippen MR) is 64.1 cm³/mol. The quantitative estimate of drug-likeness (QED) is 0.808. The monoisotopic (exact) mass is 234 g/mol. The van der Waals surface area contributed by atoms with E-state index in [1.54, 1.807) is 12.1 Å². The van der Waals surface area contributed by atoms with Crippen LogP contribution in [0.1, 0.15) is 12.2 Å². The van der Waals surface area contributed by atoms with E-state index in [1.165, 1.54) is 12.1 Å². The lowest BCUT2D eigenvalue weighted by Gasteiger charge is -1.94. The summed E-state index contributed by atoms with van der Waals surface area (Å²) in [5.41, 5.74) is 1.62. The first-order valence-electron chi connectivity index (χ1n) is 5.66. The highest BCUT2D eigenvalue weighted by atomic mass is 19.1. The molecule has 1 N–H and O–H groups in total. The van der Waals surface area contributed by atoms with Crippen LogP contribution < -0.4 is 5.32 Å². The summed E-state index contributed by atoms with van der Waals surface area (Å²) in [7, 11) is 1.92. The fourth-order valence-electron chi connectivity index (χ4n) is 1.63. The van der Waals surface area contributed by atoms with E-state index in [2.05, 4.69) is 10.5 Å². The van der Waals surface area contributed by atoms with Gasteiger partial charge in [-0.05, 0) is 44.3 Å². The average Bonchev–Trinajstić information content (AvgIpc) is 2.79. The Hall–Kier alpha value is -1.68. The molecule has 0 saturated carbocycles. The zero-order valence-corrected chi connectivity index (χ0v) is 9.74. The first kappa shape index (κ1) is 11.8. The summed E-state index contributed by atoms with van der Waals surface area (Å²) in [6.45, 7) is 0.951. The summed E-state index contributed by atoms with van der Waals surface area (Å²) >= 11 is 0. The number of benzene rings is 1. The Morgan fingerprint density at radius 3 is 2.76 bits per heavy atom. The third kappa shape index (κ3) is 3.14. The fourth-order valence-corrected chi connectivity index (χ4v) is 1.63. The molecule has 0 aliphatic rings. The largest absolute Gasteiger partial charge is 0.361 e. The van der Waals surface area contributed by atoms with Crippen LogP contribution in [-0.4, -0.2) is 18.7 Å². The molecule has 0 aliphatic heterocycles. The zero-order valence-electron chi connectivity index (χ0n) is 9.74. The Morgan fingerprint density at radius 1 is 1.29 bits per heavy atom. The third-order valence-electron chi connectivity index (χ3n) is 2.55. The average molecular weight is 234 g/mol. The Kier molecular flexibility index (Phi) is 3.88. The van der Waals surface area contributed by atoms with E-state index in [0.717, 1.165) is 36.4 Å². The van der Waals surface area contributed by atoms with Gasteiger partial charge in [0.25, 0.3) is 0 Å². The first-order valence-corrected chi connectivity index (χ1v) is 5.66. The van der Waals surface area contributed by atoms with Crippen LogP contribution in [-0.2, 0) is 6.42 Å². The summed E-state index contributed by atoms with van der Waals surface area (Å²) in [4.78, 5) is 0. The number of hydrogen-bond donors (Lipinski definition) is 1. The minimum atomic E-state index is -0.244. The van der Waals surface area contributed by atoms with Crippen molar-refractivity contribution in [2.45, 2.75) is 12.8 Å².